The Labute approximate surface area is 120 Å². The maximum atomic E-state index is 6.55. The fraction of sp³-hybridized carbons (Fsp3) is 0.471. The largest absolute Gasteiger partial charge is 0.322 e. The van der Waals surface area contributed by atoms with Crippen molar-refractivity contribution in [3.05, 3.63) is 48.3 Å². The van der Waals surface area contributed by atoms with Gasteiger partial charge < -0.3 is 5.73 Å². The van der Waals surface area contributed by atoms with Gasteiger partial charge in [-0.15, -0.1) is 0 Å². The van der Waals surface area contributed by atoms with Crippen molar-refractivity contribution >= 4 is 0 Å². The summed E-state index contributed by atoms with van der Waals surface area (Å²) in [7, 11) is 0. The molecule has 3 nitrogen and oxygen atoms in total. The summed E-state index contributed by atoms with van der Waals surface area (Å²) in [6, 6.07) is 12.4. The van der Waals surface area contributed by atoms with E-state index in [1.807, 2.05) is 29.1 Å². The third-order valence-corrected chi connectivity index (χ3v) is 4.50. The number of para-hydroxylation sites is 1. The van der Waals surface area contributed by atoms with E-state index in [1.165, 1.54) is 25.7 Å². The van der Waals surface area contributed by atoms with Crippen molar-refractivity contribution in [1.29, 1.82) is 0 Å². The summed E-state index contributed by atoms with van der Waals surface area (Å²) >= 11 is 0. The first kappa shape index (κ1) is 13.4. The van der Waals surface area contributed by atoms with Gasteiger partial charge in [-0.2, -0.15) is 5.10 Å². The Bertz CT molecular complexity index is 546. The van der Waals surface area contributed by atoms with Crippen LogP contribution in [-0.2, 0) is 0 Å². The Kier molecular flexibility index (Phi) is 3.88. The van der Waals surface area contributed by atoms with Crippen LogP contribution in [0.5, 0.6) is 0 Å². The van der Waals surface area contributed by atoms with Gasteiger partial charge >= 0.3 is 0 Å². The molecule has 1 fully saturated rings. The Morgan fingerprint density at radius 1 is 1.20 bits per heavy atom. The first-order valence-corrected chi connectivity index (χ1v) is 7.60. The second-order valence-electron chi connectivity index (χ2n) is 6.06. The minimum atomic E-state index is 0.0838. The molecule has 1 saturated carbocycles. The summed E-state index contributed by atoms with van der Waals surface area (Å²) in [5.41, 5.74) is 8.78. The molecule has 0 bridgehead atoms. The number of rotatable bonds is 3. The van der Waals surface area contributed by atoms with Crippen LogP contribution in [0.2, 0.25) is 0 Å². The van der Waals surface area contributed by atoms with Gasteiger partial charge in [0.25, 0.3) is 0 Å². The highest BCUT2D eigenvalue weighted by Crippen LogP contribution is 2.36. The minimum absolute atomic E-state index is 0.0838. The Balaban J connectivity index is 1.86. The van der Waals surface area contributed by atoms with Gasteiger partial charge in [0.05, 0.1) is 11.4 Å². The highest BCUT2D eigenvalue weighted by atomic mass is 15.3. The van der Waals surface area contributed by atoms with Gasteiger partial charge in [0.15, 0.2) is 0 Å². The zero-order valence-electron chi connectivity index (χ0n) is 12.1. The van der Waals surface area contributed by atoms with Crippen LogP contribution >= 0.6 is 0 Å². The van der Waals surface area contributed by atoms with Gasteiger partial charge in [-0.05, 0) is 42.9 Å². The minimum Gasteiger partial charge on any atom is -0.322 e. The molecular weight excluding hydrogens is 246 g/mol. The molecule has 1 heterocycles. The lowest BCUT2D eigenvalue weighted by Crippen LogP contribution is -2.28. The number of hydrogen-bond donors (Lipinski definition) is 1. The topological polar surface area (TPSA) is 43.8 Å². The molecule has 0 radical (unpaired) electrons. The number of nitrogens with two attached hydrogens (primary N) is 1. The van der Waals surface area contributed by atoms with Crippen LogP contribution in [-0.4, -0.2) is 9.78 Å². The van der Waals surface area contributed by atoms with E-state index in [9.17, 15) is 0 Å². The van der Waals surface area contributed by atoms with Crippen LogP contribution in [0.25, 0.3) is 5.69 Å². The van der Waals surface area contributed by atoms with Gasteiger partial charge in [0.1, 0.15) is 0 Å². The van der Waals surface area contributed by atoms with Crippen molar-refractivity contribution in [1.82, 2.24) is 9.78 Å². The van der Waals surface area contributed by atoms with E-state index in [2.05, 4.69) is 30.2 Å². The van der Waals surface area contributed by atoms with E-state index >= 15 is 0 Å². The van der Waals surface area contributed by atoms with Gasteiger partial charge in [0.2, 0.25) is 0 Å². The predicted octanol–water partition coefficient (Wildman–Crippen LogP) is 3.70. The molecule has 106 valence electrons. The quantitative estimate of drug-likeness (QED) is 0.923. The third-order valence-electron chi connectivity index (χ3n) is 4.50. The first-order chi connectivity index (χ1) is 9.75. The zero-order chi connectivity index (χ0) is 13.9. The van der Waals surface area contributed by atoms with Crippen LogP contribution in [0.15, 0.2) is 42.6 Å². The summed E-state index contributed by atoms with van der Waals surface area (Å²) in [5, 5.41) is 4.46. The van der Waals surface area contributed by atoms with Crippen molar-refractivity contribution < 1.29 is 0 Å². The van der Waals surface area contributed by atoms with Crippen LogP contribution < -0.4 is 5.73 Å². The summed E-state index contributed by atoms with van der Waals surface area (Å²) in [6.07, 6.45) is 6.99. The fourth-order valence-electron chi connectivity index (χ4n) is 3.40. The number of aromatic nitrogens is 2. The van der Waals surface area contributed by atoms with Gasteiger partial charge in [-0.1, -0.05) is 38.0 Å². The molecule has 2 N–H and O–H groups in total. The molecule has 1 aliphatic carbocycles. The molecule has 0 spiro atoms. The number of benzene rings is 1. The monoisotopic (exact) mass is 269 g/mol. The lowest BCUT2D eigenvalue weighted by atomic mass is 9.78. The maximum Gasteiger partial charge on any atom is 0.0649 e. The Hall–Kier alpha value is -1.61. The molecular formula is C17H23N3. The van der Waals surface area contributed by atoms with Crippen molar-refractivity contribution in [2.75, 3.05) is 0 Å². The molecule has 2 aromatic rings. The van der Waals surface area contributed by atoms with Crippen LogP contribution in [0.1, 0.15) is 44.3 Å². The number of nitrogens with zero attached hydrogens (tertiary/aromatic N) is 2. The van der Waals surface area contributed by atoms with E-state index in [0.29, 0.717) is 5.92 Å². The molecule has 3 rings (SSSR count). The Morgan fingerprint density at radius 3 is 2.75 bits per heavy atom. The first-order valence-electron chi connectivity index (χ1n) is 7.60. The van der Waals surface area contributed by atoms with E-state index in [0.717, 1.165) is 17.3 Å². The standard InChI is InChI=1S/C17H23N3/c1-13-6-5-7-14(12-13)17(18)16-10-11-19-20(16)15-8-3-2-4-9-15/h2-4,8-11,13-14,17H,5-7,12,18H2,1H3. The summed E-state index contributed by atoms with van der Waals surface area (Å²) in [6.45, 7) is 2.34. The highest BCUT2D eigenvalue weighted by Gasteiger charge is 2.27. The molecule has 3 atom stereocenters. The summed E-state index contributed by atoms with van der Waals surface area (Å²) in [5.74, 6) is 1.38. The average molecular weight is 269 g/mol. The van der Waals surface area contributed by atoms with E-state index in [4.69, 9.17) is 5.73 Å². The van der Waals surface area contributed by atoms with Crippen LogP contribution in [0, 0.1) is 11.8 Å². The zero-order valence-corrected chi connectivity index (χ0v) is 12.1. The maximum absolute atomic E-state index is 6.55. The van der Waals surface area contributed by atoms with Gasteiger partial charge in [-0.25, -0.2) is 4.68 Å². The van der Waals surface area contributed by atoms with Gasteiger partial charge in [-0.3, -0.25) is 0 Å². The normalized spacial score (nSPS) is 24.5. The molecule has 0 saturated heterocycles. The second-order valence-corrected chi connectivity index (χ2v) is 6.06. The number of hydrogen-bond acceptors (Lipinski definition) is 2. The molecule has 3 heteroatoms. The molecule has 0 aliphatic heterocycles. The lowest BCUT2D eigenvalue weighted by molar-refractivity contribution is 0.244. The molecule has 1 aromatic heterocycles. The highest BCUT2D eigenvalue weighted by molar-refractivity contribution is 5.33. The van der Waals surface area contributed by atoms with Gasteiger partial charge in [0, 0.05) is 12.2 Å². The molecule has 20 heavy (non-hydrogen) atoms. The summed E-state index contributed by atoms with van der Waals surface area (Å²) < 4.78 is 1.99. The van der Waals surface area contributed by atoms with Crippen molar-refractivity contribution in [2.24, 2.45) is 17.6 Å². The predicted molar refractivity (Wildman–Crippen MR) is 81.6 cm³/mol. The third kappa shape index (κ3) is 2.63. The van der Waals surface area contributed by atoms with Crippen molar-refractivity contribution in [2.45, 2.75) is 38.6 Å². The molecule has 1 aromatic carbocycles. The van der Waals surface area contributed by atoms with E-state index < -0.39 is 0 Å². The van der Waals surface area contributed by atoms with Crippen molar-refractivity contribution in [3.8, 4) is 5.69 Å². The Morgan fingerprint density at radius 2 is 2.00 bits per heavy atom. The van der Waals surface area contributed by atoms with Crippen LogP contribution in [0.3, 0.4) is 0 Å². The molecule has 0 amide bonds. The molecule has 3 unspecified atom stereocenters. The van der Waals surface area contributed by atoms with Crippen molar-refractivity contribution in [3.63, 3.8) is 0 Å². The second kappa shape index (κ2) is 5.80. The summed E-state index contributed by atoms with van der Waals surface area (Å²) in [4.78, 5) is 0. The average Bonchev–Trinajstić information content (AvgIpc) is 2.97. The molecule has 1 aliphatic rings. The van der Waals surface area contributed by atoms with E-state index in [1.54, 1.807) is 0 Å². The SMILES string of the molecule is CC1CCCC(C(N)c2ccnn2-c2ccccc2)C1. The smallest absolute Gasteiger partial charge is 0.0649 e. The van der Waals surface area contributed by atoms with E-state index in [-0.39, 0.29) is 6.04 Å². The lowest BCUT2D eigenvalue weighted by Gasteiger charge is -2.31. The van der Waals surface area contributed by atoms with Crippen LogP contribution in [0.4, 0.5) is 0 Å². The fourth-order valence-corrected chi connectivity index (χ4v) is 3.40.